The van der Waals surface area contributed by atoms with Crippen molar-refractivity contribution in [3.8, 4) is 5.75 Å². The first-order valence-corrected chi connectivity index (χ1v) is 9.85. The van der Waals surface area contributed by atoms with Crippen LogP contribution in [0.5, 0.6) is 5.75 Å². The Morgan fingerprint density at radius 2 is 2.12 bits per heavy atom. The van der Waals surface area contributed by atoms with Crippen LogP contribution in [-0.2, 0) is 11.4 Å². The van der Waals surface area contributed by atoms with E-state index in [1.54, 1.807) is 6.92 Å². The molecule has 26 heavy (non-hydrogen) atoms. The van der Waals surface area contributed by atoms with Gasteiger partial charge in [-0.1, -0.05) is 0 Å². The number of amides is 1. The molecule has 1 aromatic heterocycles. The molecule has 1 atom stereocenters. The summed E-state index contributed by atoms with van der Waals surface area (Å²) >= 11 is 2.67. The van der Waals surface area contributed by atoms with Gasteiger partial charge in [0.15, 0.2) is 0 Å². The summed E-state index contributed by atoms with van der Waals surface area (Å²) in [4.78, 5) is 28.8. The number of nitrogens with one attached hydrogen (secondary N) is 1. The lowest BCUT2D eigenvalue weighted by Gasteiger charge is -2.24. The van der Waals surface area contributed by atoms with Gasteiger partial charge in [0.05, 0.1) is 5.69 Å². The van der Waals surface area contributed by atoms with E-state index in [1.165, 1.54) is 36.0 Å². The molecule has 2 aromatic rings. The number of nitrogens with zero attached hydrogens (tertiary/aromatic N) is 1. The summed E-state index contributed by atoms with van der Waals surface area (Å²) in [5.41, 5.74) is -0.695. The summed E-state index contributed by atoms with van der Waals surface area (Å²) in [7, 11) is 0. The number of thiazole rings is 1. The topological polar surface area (TPSA) is 88.5 Å². The van der Waals surface area contributed by atoms with Crippen LogP contribution < -0.4 is 10.1 Å². The van der Waals surface area contributed by atoms with E-state index in [9.17, 15) is 19.1 Å². The van der Waals surface area contributed by atoms with Gasteiger partial charge >= 0.3 is 5.97 Å². The number of carbonyl (C=O) groups is 2. The van der Waals surface area contributed by atoms with Crippen LogP contribution in [0, 0.1) is 12.7 Å². The van der Waals surface area contributed by atoms with Crippen molar-refractivity contribution < 1.29 is 23.8 Å². The first-order chi connectivity index (χ1) is 12.4. The molecule has 1 saturated heterocycles. The number of aromatic nitrogens is 1. The second kappa shape index (κ2) is 7.63. The molecular formula is C17H17FN2O4S2. The highest BCUT2D eigenvalue weighted by Gasteiger charge is 2.43. The normalized spacial score (nSPS) is 19.3. The molecule has 0 aliphatic carbocycles. The minimum atomic E-state index is -1.22. The number of carboxylic acid groups (broad SMARTS) is 1. The minimum absolute atomic E-state index is 0.143. The fourth-order valence-electron chi connectivity index (χ4n) is 2.56. The Labute approximate surface area is 157 Å². The third-order valence-electron chi connectivity index (χ3n) is 4.01. The van der Waals surface area contributed by atoms with Gasteiger partial charge in [-0.05, 0) is 43.4 Å². The van der Waals surface area contributed by atoms with Crippen molar-refractivity contribution in [3.63, 3.8) is 0 Å². The Balaban J connectivity index is 1.68. The van der Waals surface area contributed by atoms with Crippen LogP contribution in [0.15, 0.2) is 24.3 Å². The predicted molar refractivity (Wildman–Crippen MR) is 97.4 cm³/mol. The molecular weight excluding hydrogens is 379 g/mol. The van der Waals surface area contributed by atoms with E-state index < -0.39 is 17.4 Å². The van der Waals surface area contributed by atoms with Crippen molar-refractivity contribution in [2.24, 2.45) is 0 Å². The number of carboxylic acids is 1. The summed E-state index contributed by atoms with van der Waals surface area (Å²) in [6, 6.07) is 5.62. The summed E-state index contributed by atoms with van der Waals surface area (Å²) in [6.07, 6.45) is 0.400. The number of carbonyl (C=O) groups excluding carboxylic acids is 1. The van der Waals surface area contributed by atoms with Gasteiger partial charge in [-0.25, -0.2) is 14.2 Å². The Bertz CT molecular complexity index is 817. The number of thioether (sulfide) groups is 1. The van der Waals surface area contributed by atoms with Gasteiger partial charge in [0.1, 0.15) is 33.6 Å². The molecule has 1 amide bonds. The maximum Gasteiger partial charge on any atom is 0.330 e. The Kier molecular flexibility index (Phi) is 5.47. The molecule has 0 radical (unpaired) electrons. The van der Waals surface area contributed by atoms with E-state index in [0.29, 0.717) is 39.3 Å². The summed E-state index contributed by atoms with van der Waals surface area (Å²) in [6.45, 7) is 1.84. The first kappa shape index (κ1) is 18.7. The molecule has 0 saturated carbocycles. The number of hydrogen-bond donors (Lipinski definition) is 2. The Hall–Kier alpha value is -2.13. The predicted octanol–water partition coefficient (Wildman–Crippen LogP) is 2.86. The van der Waals surface area contributed by atoms with Crippen molar-refractivity contribution >= 4 is 35.0 Å². The molecule has 0 bridgehead atoms. The number of aliphatic carboxylic acids is 1. The quantitative estimate of drug-likeness (QED) is 0.781. The van der Waals surface area contributed by atoms with Crippen LogP contribution in [-0.4, -0.2) is 39.0 Å². The van der Waals surface area contributed by atoms with E-state index in [-0.39, 0.29) is 12.4 Å². The number of benzene rings is 1. The average molecular weight is 396 g/mol. The smallest absolute Gasteiger partial charge is 0.330 e. The standard InChI is InChI=1S/C17H17FN2O4S2/c1-10-14(15(21)20-17(16(22)23)6-7-25-9-17)26-13(19-10)8-24-12-4-2-11(18)3-5-12/h2-5H,6-9H2,1H3,(H,20,21)(H,22,23). The van der Waals surface area contributed by atoms with Crippen molar-refractivity contribution in [2.45, 2.75) is 25.5 Å². The van der Waals surface area contributed by atoms with Crippen LogP contribution >= 0.6 is 23.1 Å². The zero-order valence-electron chi connectivity index (χ0n) is 14.0. The van der Waals surface area contributed by atoms with Crippen molar-refractivity contribution in [1.82, 2.24) is 10.3 Å². The monoisotopic (exact) mass is 396 g/mol. The zero-order valence-corrected chi connectivity index (χ0v) is 15.6. The third-order valence-corrected chi connectivity index (χ3v) is 6.33. The maximum absolute atomic E-state index is 12.9. The van der Waals surface area contributed by atoms with Gasteiger partial charge in [-0.15, -0.1) is 11.3 Å². The fraction of sp³-hybridized carbons (Fsp3) is 0.353. The number of ether oxygens (including phenoxy) is 1. The average Bonchev–Trinajstić information content (AvgIpc) is 3.22. The van der Waals surface area contributed by atoms with Crippen molar-refractivity contribution in [3.05, 3.63) is 45.7 Å². The lowest BCUT2D eigenvalue weighted by atomic mass is 9.99. The number of rotatable bonds is 6. The fourth-order valence-corrected chi connectivity index (χ4v) is 4.76. The highest BCUT2D eigenvalue weighted by molar-refractivity contribution is 7.99. The molecule has 9 heteroatoms. The molecule has 138 valence electrons. The van der Waals surface area contributed by atoms with Crippen LogP contribution in [0.3, 0.4) is 0 Å². The lowest BCUT2D eigenvalue weighted by molar-refractivity contribution is -0.143. The van der Waals surface area contributed by atoms with E-state index in [2.05, 4.69) is 10.3 Å². The largest absolute Gasteiger partial charge is 0.486 e. The molecule has 3 rings (SSSR count). The van der Waals surface area contributed by atoms with Crippen LogP contribution in [0.2, 0.25) is 0 Å². The molecule has 2 N–H and O–H groups in total. The lowest BCUT2D eigenvalue weighted by Crippen LogP contribution is -2.54. The van der Waals surface area contributed by atoms with Crippen LogP contribution in [0.25, 0.3) is 0 Å². The van der Waals surface area contributed by atoms with Gasteiger partial charge in [0, 0.05) is 5.75 Å². The van der Waals surface area contributed by atoms with E-state index in [1.807, 2.05) is 0 Å². The van der Waals surface area contributed by atoms with Gasteiger partial charge in [0.25, 0.3) is 5.91 Å². The van der Waals surface area contributed by atoms with Gasteiger partial charge in [-0.2, -0.15) is 11.8 Å². The van der Waals surface area contributed by atoms with E-state index in [0.717, 1.165) is 11.3 Å². The molecule has 1 aliphatic heterocycles. The van der Waals surface area contributed by atoms with Crippen molar-refractivity contribution in [1.29, 1.82) is 0 Å². The summed E-state index contributed by atoms with van der Waals surface area (Å²) in [5.74, 6) is -0.245. The van der Waals surface area contributed by atoms with E-state index >= 15 is 0 Å². The Morgan fingerprint density at radius 1 is 1.38 bits per heavy atom. The minimum Gasteiger partial charge on any atom is -0.486 e. The van der Waals surface area contributed by atoms with Crippen molar-refractivity contribution in [2.75, 3.05) is 11.5 Å². The summed E-state index contributed by atoms with van der Waals surface area (Å²) in [5, 5.41) is 12.7. The number of aryl methyl sites for hydroxylation is 1. The highest BCUT2D eigenvalue weighted by Crippen LogP contribution is 2.29. The molecule has 6 nitrogen and oxygen atoms in total. The van der Waals surface area contributed by atoms with Gasteiger partial charge < -0.3 is 15.2 Å². The summed E-state index contributed by atoms with van der Waals surface area (Å²) < 4.78 is 18.4. The molecule has 1 aromatic carbocycles. The van der Waals surface area contributed by atoms with Crippen LogP contribution in [0.1, 0.15) is 26.8 Å². The molecule has 1 aliphatic rings. The van der Waals surface area contributed by atoms with Gasteiger partial charge in [0.2, 0.25) is 0 Å². The zero-order chi connectivity index (χ0) is 18.7. The first-order valence-electron chi connectivity index (χ1n) is 7.88. The second-order valence-corrected chi connectivity index (χ2v) is 8.10. The second-order valence-electron chi connectivity index (χ2n) is 5.91. The third kappa shape index (κ3) is 3.99. The van der Waals surface area contributed by atoms with Crippen LogP contribution in [0.4, 0.5) is 4.39 Å². The van der Waals surface area contributed by atoms with E-state index in [4.69, 9.17) is 4.74 Å². The highest BCUT2D eigenvalue weighted by atomic mass is 32.2. The maximum atomic E-state index is 12.9. The number of hydrogen-bond acceptors (Lipinski definition) is 6. The molecule has 1 unspecified atom stereocenters. The SMILES string of the molecule is Cc1nc(COc2ccc(F)cc2)sc1C(=O)NC1(C(=O)O)CCSC1. The molecule has 2 heterocycles. The Morgan fingerprint density at radius 3 is 2.73 bits per heavy atom. The molecule has 1 fully saturated rings. The number of halogens is 1. The molecule has 0 spiro atoms. The van der Waals surface area contributed by atoms with Gasteiger partial charge in [-0.3, -0.25) is 4.79 Å².